The number of para-hydroxylation sites is 1. The van der Waals surface area contributed by atoms with Crippen molar-refractivity contribution in [1.29, 1.82) is 0 Å². The SMILES string of the molecule is CNCc1ccccc1OCCOCC(C)C. The van der Waals surface area contributed by atoms with Gasteiger partial charge < -0.3 is 14.8 Å². The Kier molecular flexibility index (Phi) is 6.67. The lowest BCUT2D eigenvalue weighted by Crippen LogP contribution is -2.12. The van der Waals surface area contributed by atoms with E-state index in [4.69, 9.17) is 9.47 Å². The van der Waals surface area contributed by atoms with Crippen molar-refractivity contribution in [2.45, 2.75) is 20.4 Å². The van der Waals surface area contributed by atoms with E-state index < -0.39 is 0 Å². The second-order valence-corrected chi connectivity index (χ2v) is 4.46. The summed E-state index contributed by atoms with van der Waals surface area (Å²) in [6, 6.07) is 8.08. The molecule has 17 heavy (non-hydrogen) atoms. The number of hydrogen-bond acceptors (Lipinski definition) is 3. The molecular formula is C14H23NO2. The second kappa shape index (κ2) is 8.09. The Morgan fingerprint density at radius 1 is 1.18 bits per heavy atom. The Labute approximate surface area is 104 Å². The summed E-state index contributed by atoms with van der Waals surface area (Å²) < 4.78 is 11.2. The van der Waals surface area contributed by atoms with Gasteiger partial charge in [-0.15, -0.1) is 0 Å². The summed E-state index contributed by atoms with van der Waals surface area (Å²) in [4.78, 5) is 0. The maximum atomic E-state index is 5.71. The molecule has 0 heterocycles. The molecule has 1 aromatic rings. The summed E-state index contributed by atoms with van der Waals surface area (Å²) in [5.41, 5.74) is 1.18. The monoisotopic (exact) mass is 237 g/mol. The standard InChI is InChI=1S/C14H23NO2/c1-12(2)11-16-8-9-17-14-7-5-4-6-13(14)10-15-3/h4-7,12,15H,8-11H2,1-3H3. The molecule has 1 rings (SSSR count). The normalized spacial score (nSPS) is 10.8. The highest BCUT2D eigenvalue weighted by molar-refractivity contribution is 5.33. The first kappa shape index (κ1) is 14.0. The highest BCUT2D eigenvalue weighted by Gasteiger charge is 2.01. The van der Waals surface area contributed by atoms with Gasteiger partial charge in [0, 0.05) is 18.7 Å². The van der Waals surface area contributed by atoms with Gasteiger partial charge in [-0.3, -0.25) is 0 Å². The van der Waals surface area contributed by atoms with Crippen molar-refractivity contribution < 1.29 is 9.47 Å². The Balaban J connectivity index is 2.30. The van der Waals surface area contributed by atoms with E-state index in [2.05, 4.69) is 25.2 Å². The largest absolute Gasteiger partial charge is 0.491 e. The van der Waals surface area contributed by atoms with E-state index in [1.165, 1.54) is 5.56 Å². The Bertz CT molecular complexity index is 313. The molecule has 0 aromatic heterocycles. The molecule has 96 valence electrons. The molecule has 0 atom stereocenters. The molecule has 0 fully saturated rings. The second-order valence-electron chi connectivity index (χ2n) is 4.46. The molecular weight excluding hydrogens is 214 g/mol. The van der Waals surface area contributed by atoms with Crippen LogP contribution in [0, 0.1) is 5.92 Å². The summed E-state index contributed by atoms with van der Waals surface area (Å²) in [6.07, 6.45) is 0. The van der Waals surface area contributed by atoms with Crippen LogP contribution in [0.3, 0.4) is 0 Å². The minimum absolute atomic E-state index is 0.576. The van der Waals surface area contributed by atoms with Gasteiger partial charge in [-0.25, -0.2) is 0 Å². The fraction of sp³-hybridized carbons (Fsp3) is 0.571. The summed E-state index contributed by atoms with van der Waals surface area (Å²) >= 11 is 0. The number of benzene rings is 1. The number of rotatable bonds is 8. The minimum atomic E-state index is 0.576. The lowest BCUT2D eigenvalue weighted by Gasteiger charge is -2.12. The third kappa shape index (κ3) is 5.71. The van der Waals surface area contributed by atoms with Gasteiger partial charge in [-0.2, -0.15) is 0 Å². The van der Waals surface area contributed by atoms with Gasteiger partial charge in [0.25, 0.3) is 0 Å². The number of hydrogen-bond donors (Lipinski definition) is 1. The first-order chi connectivity index (χ1) is 8.24. The highest BCUT2D eigenvalue weighted by atomic mass is 16.5. The van der Waals surface area contributed by atoms with E-state index >= 15 is 0 Å². The van der Waals surface area contributed by atoms with Crippen molar-refractivity contribution in [2.75, 3.05) is 26.9 Å². The van der Waals surface area contributed by atoms with E-state index in [0.717, 1.165) is 18.9 Å². The van der Waals surface area contributed by atoms with Crippen molar-refractivity contribution in [2.24, 2.45) is 5.92 Å². The molecule has 0 aliphatic carbocycles. The zero-order valence-electron chi connectivity index (χ0n) is 11.0. The van der Waals surface area contributed by atoms with Crippen molar-refractivity contribution in [3.05, 3.63) is 29.8 Å². The van der Waals surface area contributed by atoms with Crippen LogP contribution < -0.4 is 10.1 Å². The van der Waals surface area contributed by atoms with E-state index in [1.54, 1.807) is 0 Å². The summed E-state index contributed by atoms with van der Waals surface area (Å²) in [6.45, 7) is 7.15. The molecule has 1 aromatic carbocycles. The zero-order valence-corrected chi connectivity index (χ0v) is 11.0. The van der Waals surface area contributed by atoms with E-state index in [0.29, 0.717) is 19.1 Å². The molecule has 0 bridgehead atoms. The van der Waals surface area contributed by atoms with Gasteiger partial charge in [-0.05, 0) is 19.0 Å². The summed E-state index contributed by atoms with van der Waals surface area (Å²) in [5.74, 6) is 1.52. The van der Waals surface area contributed by atoms with Gasteiger partial charge in [0.1, 0.15) is 12.4 Å². The van der Waals surface area contributed by atoms with Crippen LogP contribution in [0.5, 0.6) is 5.75 Å². The van der Waals surface area contributed by atoms with Crippen molar-refractivity contribution in [3.63, 3.8) is 0 Å². The molecule has 0 amide bonds. The van der Waals surface area contributed by atoms with Crippen LogP contribution >= 0.6 is 0 Å². The average Bonchev–Trinajstić information content (AvgIpc) is 2.31. The van der Waals surface area contributed by atoms with Crippen LogP contribution in [-0.4, -0.2) is 26.9 Å². The summed E-state index contributed by atoms with van der Waals surface area (Å²) in [7, 11) is 1.93. The topological polar surface area (TPSA) is 30.5 Å². The lowest BCUT2D eigenvalue weighted by molar-refractivity contribution is 0.0816. The Morgan fingerprint density at radius 2 is 1.94 bits per heavy atom. The third-order valence-corrected chi connectivity index (χ3v) is 2.28. The van der Waals surface area contributed by atoms with Gasteiger partial charge in [-0.1, -0.05) is 32.0 Å². The fourth-order valence-corrected chi connectivity index (χ4v) is 1.51. The van der Waals surface area contributed by atoms with Gasteiger partial charge in [0.2, 0.25) is 0 Å². The molecule has 0 radical (unpaired) electrons. The van der Waals surface area contributed by atoms with E-state index in [1.807, 2.05) is 25.2 Å². The maximum Gasteiger partial charge on any atom is 0.123 e. The quantitative estimate of drug-likeness (QED) is 0.704. The first-order valence-electron chi connectivity index (χ1n) is 6.17. The smallest absolute Gasteiger partial charge is 0.123 e. The van der Waals surface area contributed by atoms with Crippen LogP contribution in [0.4, 0.5) is 0 Å². The van der Waals surface area contributed by atoms with Crippen LogP contribution in [-0.2, 0) is 11.3 Å². The average molecular weight is 237 g/mol. The molecule has 0 spiro atoms. The van der Waals surface area contributed by atoms with Gasteiger partial charge in [0.15, 0.2) is 0 Å². The van der Waals surface area contributed by atoms with Crippen molar-refractivity contribution in [3.8, 4) is 5.75 Å². The molecule has 1 N–H and O–H groups in total. The fourth-order valence-electron chi connectivity index (χ4n) is 1.51. The molecule has 0 saturated heterocycles. The van der Waals surface area contributed by atoms with Gasteiger partial charge >= 0.3 is 0 Å². The van der Waals surface area contributed by atoms with Crippen LogP contribution in [0.2, 0.25) is 0 Å². The van der Waals surface area contributed by atoms with E-state index in [-0.39, 0.29) is 0 Å². The van der Waals surface area contributed by atoms with Crippen molar-refractivity contribution >= 4 is 0 Å². The van der Waals surface area contributed by atoms with Crippen molar-refractivity contribution in [1.82, 2.24) is 5.32 Å². The predicted octanol–water partition coefficient (Wildman–Crippen LogP) is 2.46. The lowest BCUT2D eigenvalue weighted by atomic mass is 10.2. The van der Waals surface area contributed by atoms with Crippen LogP contribution in [0.1, 0.15) is 19.4 Å². The van der Waals surface area contributed by atoms with E-state index in [9.17, 15) is 0 Å². The molecule has 3 nitrogen and oxygen atoms in total. The minimum Gasteiger partial charge on any atom is -0.491 e. The first-order valence-corrected chi connectivity index (χ1v) is 6.17. The van der Waals surface area contributed by atoms with Crippen LogP contribution in [0.15, 0.2) is 24.3 Å². The Morgan fingerprint density at radius 3 is 2.65 bits per heavy atom. The molecule has 0 aliphatic heterocycles. The Hall–Kier alpha value is -1.06. The predicted molar refractivity (Wildman–Crippen MR) is 70.4 cm³/mol. The molecule has 0 unspecified atom stereocenters. The molecule has 0 saturated carbocycles. The maximum absolute atomic E-state index is 5.71. The summed E-state index contributed by atoms with van der Waals surface area (Å²) in [5, 5.41) is 3.13. The highest BCUT2D eigenvalue weighted by Crippen LogP contribution is 2.17. The molecule has 3 heteroatoms. The number of nitrogens with one attached hydrogen (secondary N) is 1. The van der Waals surface area contributed by atoms with Crippen LogP contribution in [0.25, 0.3) is 0 Å². The number of ether oxygens (including phenoxy) is 2. The van der Waals surface area contributed by atoms with Gasteiger partial charge in [0.05, 0.1) is 6.61 Å². The molecule has 0 aliphatic rings. The zero-order chi connectivity index (χ0) is 12.5. The third-order valence-electron chi connectivity index (χ3n) is 2.28.